The highest BCUT2D eigenvalue weighted by Gasteiger charge is 2.28. The third kappa shape index (κ3) is 6.12. The molecule has 0 aliphatic heterocycles. The number of hydrogen-bond acceptors (Lipinski definition) is 5. The van der Waals surface area contributed by atoms with Crippen LogP contribution in [0.2, 0.25) is 0 Å². The highest BCUT2D eigenvalue weighted by Crippen LogP contribution is 2.29. The van der Waals surface area contributed by atoms with Gasteiger partial charge in [-0.25, -0.2) is 26.7 Å². The van der Waals surface area contributed by atoms with E-state index in [9.17, 15) is 26.8 Å². The minimum atomic E-state index is -3.75. The second kappa shape index (κ2) is 9.27. The molecule has 0 aromatic heterocycles. The minimum absolute atomic E-state index is 0.0221. The predicted molar refractivity (Wildman–Crippen MR) is 108 cm³/mol. The molecule has 0 radical (unpaired) electrons. The molecule has 2 aromatic carbocycles. The maximum Gasteiger partial charge on any atom is 0.319 e. The molecule has 3 amide bonds. The summed E-state index contributed by atoms with van der Waals surface area (Å²) in [5, 5.41) is 7.00. The number of ether oxygens (including phenoxy) is 1. The predicted octanol–water partition coefficient (Wildman–Crippen LogP) is 2.17. The van der Waals surface area contributed by atoms with E-state index >= 15 is 0 Å². The average molecular weight is 454 g/mol. The van der Waals surface area contributed by atoms with Crippen molar-refractivity contribution in [3.8, 4) is 5.75 Å². The Morgan fingerprint density at radius 2 is 1.81 bits per heavy atom. The van der Waals surface area contributed by atoms with Gasteiger partial charge >= 0.3 is 6.03 Å². The van der Waals surface area contributed by atoms with Crippen molar-refractivity contribution in [3.05, 3.63) is 48.0 Å². The summed E-state index contributed by atoms with van der Waals surface area (Å²) < 4.78 is 58.5. The van der Waals surface area contributed by atoms with Crippen LogP contribution in [-0.2, 0) is 14.8 Å². The van der Waals surface area contributed by atoms with Gasteiger partial charge in [-0.3, -0.25) is 4.79 Å². The van der Waals surface area contributed by atoms with Crippen LogP contribution in [0, 0.1) is 11.6 Å². The van der Waals surface area contributed by atoms with Gasteiger partial charge in [-0.2, -0.15) is 0 Å². The second-order valence-electron chi connectivity index (χ2n) is 6.74. The molecule has 2 aromatic rings. The number of methoxy groups -OCH3 is 1. The molecular weight excluding hydrogens is 434 g/mol. The summed E-state index contributed by atoms with van der Waals surface area (Å²) in [6.07, 6.45) is 1.55. The smallest absolute Gasteiger partial charge is 0.319 e. The molecule has 31 heavy (non-hydrogen) atoms. The van der Waals surface area contributed by atoms with E-state index in [1.807, 2.05) is 0 Å². The van der Waals surface area contributed by atoms with E-state index in [2.05, 4.69) is 20.7 Å². The number of urea groups is 1. The number of rotatable bonds is 8. The molecule has 0 atom stereocenters. The monoisotopic (exact) mass is 454 g/mol. The summed E-state index contributed by atoms with van der Waals surface area (Å²) in [5.74, 6) is -2.65. The molecule has 166 valence electrons. The molecule has 12 heteroatoms. The molecule has 1 aliphatic carbocycles. The van der Waals surface area contributed by atoms with Crippen molar-refractivity contribution in [1.29, 1.82) is 0 Å². The Morgan fingerprint density at radius 1 is 1.06 bits per heavy atom. The van der Waals surface area contributed by atoms with Gasteiger partial charge in [0, 0.05) is 17.8 Å². The zero-order valence-electron chi connectivity index (χ0n) is 16.4. The van der Waals surface area contributed by atoms with Crippen molar-refractivity contribution >= 4 is 33.3 Å². The molecule has 1 aliphatic rings. The minimum Gasteiger partial charge on any atom is -0.495 e. The van der Waals surface area contributed by atoms with Crippen LogP contribution in [0.1, 0.15) is 12.8 Å². The summed E-state index contributed by atoms with van der Waals surface area (Å²) >= 11 is 0. The first-order chi connectivity index (χ1) is 14.7. The summed E-state index contributed by atoms with van der Waals surface area (Å²) in [6.45, 7) is -0.478. The Hall–Kier alpha value is -3.25. The van der Waals surface area contributed by atoms with Gasteiger partial charge < -0.3 is 20.7 Å². The lowest BCUT2D eigenvalue weighted by molar-refractivity contribution is -0.115. The van der Waals surface area contributed by atoms with Crippen LogP contribution in [-0.4, -0.2) is 40.1 Å². The Kier molecular flexibility index (Phi) is 6.71. The highest BCUT2D eigenvalue weighted by atomic mass is 32.2. The van der Waals surface area contributed by atoms with E-state index in [0.29, 0.717) is 0 Å². The number of carbonyl (C=O) groups excluding carboxylic acids is 2. The summed E-state index contributed by atoms with van der Waals surface area (Å²) in [4.78, 5) is 24.0. The topological polar surface area (TPSA) is 126 Å². The molecule has 9 nitrogen and oxygen atoms in total. The number of amides is 3. The highest BCUT2D eigenvalue weighted by molar-refractivity contribution is 7.89. The molecule has 3 rings (SSSR count). The number of carbonyl (C=O) groups is 2. The lowest BCUT2D eigenvalue weighted by atomic mass is 10.3. The first-order valence-electron chi connectivity index (χ1n) is 9.18. The first-order valence-corrected chi connectivity index (χ1v) is 10.7. The normalized spacial score (nSPS) is 13.4. The van der Waals surface area contributed by atoms with Crippen molar-refractivity contribution in [1.82, 2.24) is 10.0 Å². The van der Waals surface area contributed by atoms with Crippen LogP contribution < -0.4 is 25.4 Å². The number of benzene rings is 2. The van der Waals surface area contributed by atoms with Crippen molar-refractivity contribution < 1.29 is 31.5 Å². The molecule has 0 bridgehead atoms. The van der Waals surface area contributed by atoms with Crippen LogP contribution in [0.3, 0.4) is 0 Å². The molecule has 4 N–H and O–H groups in total. The Bertz CT molecular complexity index is 1110. The van der Waals surface area contributed by atoms with Crippen molar-refractivity contribution in [2.75, 3.05) is 24.3 Å². The van der Waals surface area contributed by atoms with E-state index in [0.717, 1.165) is 25.0 Å². The van der Waals surface area contributed by atoms with Crippen LogP contribution in [0.5, 0.6) is 5.75 Å². The van der Waals surface area contributed by atoms with Crippen LogP contribution in [0.4, 0.5) is 25.0 Å². The molecule has 0 spiro atoms. The van der Waals surface area contributed by atoms with E-state index in [1.165, 1.54) is 31.4 Å². The summed E-state index contributed by atoms with van der Waals surface area (Å²) in [7, 11) is -2.39. The zero-order valence-corrected chi connectivity index (χ0v) is 17.2. The van der Waals surface area contributed by atoms with Crippen LogP contribution in [0.15, 0.2) is 41.3 Å². The molecule has 1 fully saturated rings. The molecule has 0 heterocycles. The maximum atomic E-state index is 13.2. The van der Waals surface area contributed by atoms with Gasteiger partial charge in [0.25, 0.3) is 0 Å². The Labute approximate surface area is 177 Å². The third-order valence-electron chi connectivity index (χ3n) is 4.24. The van der Waals surface area contributed by atoms with E-state index in [4.69, 9.17) is 4.74 Å². The van der Waals surface area contributed by atoms with E-state index in [-0.39, 0.29) is 28.1 Å². The molecular formula is C19H20F2N4O5S. The Morgan fingerprint density at radius 3 is 2.45 bits per heavy atom. The van der Waals surface area contributed by atoms with Gasteiger partial charge in [0.1, 0.15) is 5.75 Å². The van der Waals surface area contributed by atoms with Gasteiger partial charge in [-0.15, -0.1) is 0 Å². The zero-order chi connectivity index (χ0) is 22.6. The number of hydrogen-bond donors (Lipinski definition) is 4. The first kappa shape index (κ1) is 22.4. The van der Waals surface area contributed by atoms with E-state index in [1.54, 1.807) is 0 Å². The fourth-order valence-corrected chi connectivity index (χ4v) is 3.88. The molecule has 0 unspecified atom stereocenters. The van der Waals surface area contributed by atoms with Gasteiger partial charge in [0.15, 0.2) is 11.6 Å². The number of nitrogens with one attached hydrogen (secondary N) is 4. The van der Waals surface area contributed by atoms with E-state index < -0.39 is 40.1 Å². The van der Waals surface area contributed by atoms with Crippen LogP contribution >= 0.6 is 0 Å². The lowest BCUT2D eigenvalue weighted by Crippen LogP contribution is -2.36. The third-order valence-corrected chi connectivity index (χ3v) is 5.76. The van der Waals surface area contributed by atoms with Crippen LogP contribution in [0.25, 0.3) is 0 Å². The second-order valence-corrected chi connectivity index (χ2v) is 8.46. The molecule has 1 saturated carbocycles. The molecule has 0 saturated heterocycles. The fourth-order valence-electron chi connectivity index (χ4n) is 2.55. The largest absolute Gasteiger partial charge is 0.495 e. The fraction of sp³-hybridized carbons (Fsp3) is 0.263. The maximum absolute atomic E-state index is 13.2. The van der Waals surface area contributed by atoms with Crippen molar-refractivity contribution in [2.45, 2.75) is 23.8 Å². The lowest BCUT2D eigenvalue weighted by Gasteiger charge is -2.13. The number of sulfonamides is 1. The summed E-state index contributed by atoms with van der Waals surface area (Å²) in [6, 6.07) is 5.93. The van der Waals surface area contributed by atoms with Gasteiger partial charge in [0.2, 0.25) is 15.9 Å². The SMILES string of the molecule is COc1ccc(S(=O)(=O)NC2CC2)cc1NC(=O)NCC(=O)Nc1ccc(F)c(F)c1. The van der Waals surface area contributed by atoms with Gasteiger partial charge in [-0.05, 0) is 43.2 Å². The van der Waals surface area contributed by atoms with Gasteiger partial charge in [0.05, 0.1) is 24.2 Å². The van der Waals surface area contributed by atoms with Gasteiger partial charge in [-0.1, -0.05) is 0 Å². The standard InChI is InChI=1S/C19H20F2N4O5S/c1-30-17-7-5-13(31(28,29)25-11-2-3-11)9-16(17)24-19(27)22-10-18(26)23-12-4-6-14(20)15(21)8-12/h4-9,11,25H,2-3,10H2,1H3,(H,23,26)(H2,22,24,27). The quantitative estimate of drug-likeness (QED) is 0.487. The number of halogens is 2. The van der Waals surface area contributed by atoms with Crippen molar-refractivity contribution in [3.63, 3.8) is 0 Å². The summed E-state index contributed by atoms with van der Waals surface area (Å²) in [5.41, 5.74) is 0.105. The average Bonchev–Trinajstić information content (AvgIpc) is 3.52. The van der Waals surface area contributed by atoms with Crippen molar-refractivity contribution in [2.24, 2.45) is 0 Å². The Balaban J connectivity index is 1.60. The number of anilines is 2.